The summed E-state index contributed by atoms with van der Waals surface area (Å²) in [5.74, 6) is 1.91. The van der Waals surface area contributed by atoms with Gasteiger partial charge < -0.3 is 15.0 Å². The number of aromatic nitrogens is 1. The van der Waals surface area contributed by atoms with Crippen molar-refractivity contribution in [2.24, 2.45) is 0 Å². The van der Waals surface area contributed by atoms with Crippen LogP contribution in [0, 0.1) is 0 Å². The molecule has 0 unspecified atom stereocenters. The molecule has 0 bridgehead atoms. The molecule has 0 spiro atoms. The highest BCUT2D eigenvalue weighted by Gasteiger charge is 2.20. The summed E-state index contributed by atoms with van der Waals surface area (Å²) in [7, 11) is 3.79. The third-order valence-corrected chi connectivity index (χ3v) is 3.77. The molecule has 0 aliphatic heterocycles. The zero-order chi connectivity index (χ0) is 13.9. The lowest BCUT2D eigenvalue weighted by Gasteiger charge is -2.20. The van der Waals surface area contributed by atoms with Gasteiger partial charge in [0.25, 0.3) is 0 Å². The molecule has 1 aliphatic carbocycles. The van der Waals surface area contributed by atoms with Crippen LogP contribution in [0.2, 0.25) is 0 Å². The maximum Gasteiger partial charge on any atom is 0.136 e. The average Bonchev–Trinajstić information content (AvgIpc) is 3.30. The third-order valence-electron chi connectivity index (χ3n) is 3.77. The quantitative estimate of drug-likeness (QED) is 0.875. The smallest absolute Gasteiger partial charge is 0.136 e. The summed E-state index contributed by atoms with van der Waals surface area (Å²) < 4.78 is 5.28. The largest absolute Gasteiger partial charge is 0.497 e. The molecule has 1 fully saturated rings. The topological polar surface area (TPSA) is 37.4 Å². The van der Waals surface area contributed by atoms with Crippen LogP contribution in [0.3, 0.4) is 0 Å². The van der Waals surface area contributed by atoms with E-state index in [0.29, 0.717) is 0 Å². The van der Waals surface area contributed by atoms with Crippen molar-refractivity contribution in [1.82, 2.24) is 10.3 Å². The summed E-state index contributed by atoms with van der Waals surface area (Å²) in [4.78, 5) is 6.75. The van der Waals surface area contributed by atoms with Gasteiger partial charge in [0, 0.05) is 37.8 Å². The molecule has 1 heterocycles. The van der Waals surface area contributed by atoms with Crippen molar-refractivity contribution in [3.63, 3.8) is 0 Å². The van der Waals surface area contributed by atoms with Crippen molar-refractivity contribution in [3.8, 4) is 5.75 Å². The number of hydrogen-bond donors (Lipinski definition) is 1. The molecule has 0 atom stereocenters. The minimum atomic E-state index is 0.758. The number of pyridine rings is 1. The number of likely N-dealkylation sites (N-methyl/N-ethyl adjacent to an activating group) is 1. The molecular weight excluding hydrogens is 250 g/mol. The molecule has 106 valence electrons. The van der Waals surface area contributed by atoms with Crippen molar-refractivity contribution >= 4 is 16.6 Å². The van der Waals surface area contributed by atoms with E-state index in [-0.39, 0.29) is 0 Å². The second-order valence-electron chi connectivity index (χ2n) is 5.37. The minimum absolute atomic E-state index is 0.758. The predicted molar refractivity (Wildman–Crippen MR) is 82.6 cm³/mol. The van der Waals surface area contributed by atoms with Crippen molar-refractivity contribution in [2.75, 3.05) is 32.1 Å². The fourth-order valence-electron chi connectivity index (χ4n) is 2.40. The molecule has 0 radical (unpaired) electrons. The van der Waals surface area contributed by atoms with Gasteiger partial charge in [0.2, 0.25) is 0 Å². The van der Waals surface area contributed by atoms with Crippen LogP contribution in [0.1, 0.15) is 12.8 Å². The van der Waals surface area contributed by atoms with E-state index in [2.05, 4.69) is 34.4 Å². The van der Waals surface area contributed by atoms with Crippen LogP contribution < -0.4 is 15.0 Å². The van der Waals surface area contributed by atoms with E-state index in [1.54, 1.807) is 7.11 Å². The Labute approximate surface area is 119 Å². The first-order valence-corrected chi connectivity index (χ1v) is 7.15. The Hall–Kier alpha value is -1.81. The number of nitrogens with zero attached hydrogens (tertiary/aromatic N) is 2. The molecule has 4 heteroatoms. The second-order valence-corrected chi connectivity index (χ2v) is 5.37. The molecule has 4 nitrogen and oxygen atoms in total. The highest BCUT2D eigenvalue weighted by atomic mass is 16.5. The molecule has 1 aromatic heterocycles. The summed E-state index contributed by atoms with van der Waals surface area (Å²) in [6, 6.07) is 8.91. The zero-order valence-corrected chi connectivity index (χ0v) is 12.1. The van der Waals surface area contributed by atoms with E-state index in [4.69, 9.17) is 4.74 Å². The number of nitrogens with one attached hydrogen (secondary N) is 1. The van der Waals surface area contributed by atoms with E-state index in [1.165, 1.54) is 18.2 Å². The van der Waals surface area contributed by atoms with Gasteiger partial charge in [-0.2, -0.15) is 0 Å². The van der Waals surface area contributed by atoms with Gasteiger partial charge in [0.1, 0.15) is 11.6 Å². The molecule has 0 saturated heterocycles. The number of anilines is 1. The van der Waals surface area contributed by atoms with Gasteiger partial charge in [-0.3, -0.25) is 0 Å². The van der Waals surface area contributed by atoms with Gasteiger partial charge in [-0.25, -0.2) is 4.98 Å². The standard InChI is InChI=1S/C16H21N3O/c1-19(10-9-17-13-3-4-13)16-15-6-5-14(20-2)11-12(15)7-8-18-16/h5-8,11,13,17H,3-4,9-10H2,1-2H3. The van der Waals surface area contributed by atoms with Crippen molar-refractivity contribution in [1.29, 1.82) is 0 Å². The summed E-state index contributed by atoms with van der Waals surface area (Å²) in [5.41, 5.74) is 0. The molecule has 1 aliphatic rings. The molecule has 3 rings (SSSR count). The van der Waals surface area contributed by atoms with Crippen LogP contribution in [0.15, 0.2) is 30.5 Å². The molecule has 2 aromatic rings. The van der Waals surface area contributed by atoms with E-state index < -0.39 is 0 Å². The van der Waals surface area contributed by atoms with E-state index >= 15 is 0 Å². The summed E-state index contributed by atoms with van der Waals surface area (Å²) in [6.07, 6.45) is 4.52. The highest BCUT2D eigenvalue weighted by molar-refractivity contribution is 5.92. The van der Waals surface area contributed by atoms with Crippen LogP contribution in [0.25, 0.3) is 10.8 Å². The first kappa shape index (κ1) is 13.2. The van der Waals surface area contributed by atoms with Crippen LogP contribution in [0.5, 0.6) is 5.75 Å². The number of rotatable bonds is 6. The van der Waals surface area contributed by atoms with Gasteiger partial charge in [-0.15, -0.1) is 0 Å². The Morgan fingerprint density at radius 3 is 2.95 bits per heavy atom. The Morgan fingerprint density at radius 1 is 1.35 bits per heavy atom. The van der Waals surface area contributed by atoms with Crippen LogP contribution in [-0.4, -0.2) is 38.3 Å². The van der Waals surface area contributed by atoms with Gasteiger partial charge >= 0.3 is 0 Å². The molecule has 1 saturated carbocycles. The summed E-state index contributed by atoms with van der Waals surface area (Å²) in [6.45, 7) is 1.98. The van der Waals surface area contributed by atoms with E-state index in [0.717, 1.165) is 36.1 Å². The monoisotopic (exact) mass is 271 g/mol. The normalized spacial score (nSPS) is 14.5. The SMILES string of the molecule is COc1ccc2c(N(C)CCNC3CC3)nccc2c1. The molecule has 0 amide bonds. The maximum absolute atomic E-state index is 5.28. The van der Waals surface area contributed by atoms with Gasteiger partial charge in [-0.1, -0.05) is 0 Å². The van der Waals surface area contributed by atoms with Crippen LogP contribution in [0.4, 0.5) is 5.82 Å². The second kappa shape index (κ2) is 5.67. The Kier molecular flexibility index (Phi) is 3.74. The van der Waals surface area contributed by atoms with E-state index in [9.17, 15) is 0 Å². The van der Waals surface area contributed by atoms with Crippen LogP contribution >= 0.6 is 0 Å². The van der Waals surface area contributed by atoms with Gasteiger partial charge in [0.15, 0.2) is 0 Å². The Balaban J connectivity index is 1.78. The number of hydrogen-bond acceptors (Lipinski definition) is 4. The van der Waals surface area contributed by atoms with Crippen molar-refractivity contribution < 1.29 is 4.74 Å². The summed E-state index contributed by atoms with van der Waals surface area (Å²) >= 11 is 0. The van der Waals surface area contributed by atoms with E-state index in [1.807, 2.05) is 18.3 Å². The molecule has 20 heavy (non-hydrogen) atoms. The van der Waals surface area contributed by atoms with Gasteiger partial charge in [-0.05, 0) is 42.5 Å². The first-order chi connectivity index (χ1) is 9.78. The third kappa shape index (κ3) is 2.85. The van der Waals surface area contributed by atoms with Crippen LogP contribution in [-0.2, 0) is 0 Å². The molecular formula is C16H21N3O. The average molecular weight is 271 g/mol. The number of ether oxygens (including phenoxy) is 1. The minimum Gasteiger partial charge on any atom is -0.497 e. The van der Waals surface area contributed by atoms with Crippen molar-refractivity contribution in [3.05, 3.63) is 30.5 Å². The zero-order valence-electron chi connectivity index (χ0n) is 12.1. The highest BCUT2D eigenvalue weighted by Crippen LogP contribution is 2.27. The molecule has 1 N–H and O–H groups in total. The lowest BCUT2D eigenvalue weighted by Crippen LogP contribution is -2.30. The lowest BCUT2D eigenvalue weighted by atomic mass is 10.1. The predicted octanol–water partition coefficient (Wildman–Crippen LogP) is 2.43. The van der Waals surface area contributed by atoms with Crippen molar-refractivity contribution in [2.45, 2.75) is 18.9 Å². The summed E-state index contributed by atoms with van der Waals surface area (Å²) in [5, 5.41) is 5.87. The fraction of sp³-hybridized carbons (Fsp3) is 0.438. The fourth-order valence-corrected chi connectivity index (χ4v) is 2.40. The number of benzene rings is 1. The first-order valence-electron chi connectivity index (χ1n) is 7.15. The number of fused-ring (bicyclic) bond motifs is 1. The number of methoxy groups -OCH3 is 1. The maximum atomic E-state index is 5.28. The lowest BCUT2D eigenvalue weighted by molar-refractivity contribution is 0.415. The molecule has 1 aromatic carbocycles. The Bertz CT molecular complexity index is 595. The Morgan fingerprint density at radius 2 is 2.20 bits per heavy atom. The van der Waals surface area contributed by atoms with Gasteiger partial charge in [0.05, 0.1) is 7.11 Å².